The lowest BCUT2D eigenvalue weighted by Crippen LogP contribution is -2.50. The van der Waals surface area contributed by atoms with Crippen LogP contribution in [0, 0.1) is 5.92 Å². The van der Waals surface area contributed by atoms with E-state index < -0.39 is 5.97 Å². The summed E-state index contributed by atoms with van der Waals surface area (Å²) in [6.45, 7) is 6.05. The molecule has 1 N–H and O–H groups in total. The van der Waals surface area contributed by atoms with E-state index in [1.807, 2.05) is 6.07 Å². The highest BCUT2D eigenvalue weighted by Gasteiger charge is 2.38. The van der Waals surface area contributed by atoms with Gasteiger partial charge in [-0.1, -0.05) is 13.8 Å². The molecule has 114 valence electrons. The van der Waals surface area contributed by atoms with Crippen LogP contribution in [0.3, 0.4) is 0 Å². The number of hydrogen-bond donors (Lipinski definition) is 1. The summed E-state index contributed by atoms with van der Waals surface area (Å²) < 4.78 is 5.57. The largest absolute Gasteiger partial charge is 0.478 e. The number of rotatable bonds is 4. The molecule has 0 bridgehead atoms. The van der Waals surface area contributed by atoms with Crippen LogP contribution in [0.15, 0.2) is 18.2 Å². The molecule has 5 heteroatoms. The van der Waals surface area contributed by atoms with Crippen molar-refractivity contribution in [2.45, 2.75) is 32.5 Å². The van der Waals surface area contributed by atoms with Gasteiger partial charge in [0, 0.05) is 20.2 Å². The maximum Gasteiger partial charge on any atom is 0.335 e. The molecule has 1 fully saturated rings. The fraction of sp³-hybridized carbons (Fsp3) is 0.562. The zero-order valence-corrected chi connectivity index (χ0v) is 12.7. The minimum Gasteiger partial charge on any atom is -0.478 e. The maximum absolute atomic E-state index is 11.2. The second-order valence-electron chi connectivity index (χ2n) is 6.21. The molecule has 0 aromatic heterocycles. The number of benzene rings is 1. The van der Waals surface area contributed by atoms with Gasteiger partial charge in [-0.05, 0) is 30.5 Å². The second kappa shape index (κ2) is 5.22. The third-order valence-electron chi connectivity index (χ3n) is 4.42. The van der Waals surface area contributed by atoms with Crippen molar-refractivity contribution in [1.29, 1.82) is 0 Å². The van der Waals surface area contributed by atoms with Gasteiger partial charge in [-0.25, -0.2) is 4.79 Å². The summed E-state index contributed by atoms with van der Waals surface area (Å²) in [4.78, 5) is 15.8. The van der Waals surface area contributed by atoms with Crippen molar-refractivity contribution >= 4 is 17.3 Å². The van der Waals surface area contributed by atoms with Crippen molar-refractivity contribution < 1.29 is 14.6 Å². The van der Waals surface area contributed by atoms with E-state index in [-0.39, 0.29) is 12.3 Å². The van der Waals surface area contributed by atoms with Crippen LogP contribution in [-0.4, -0.2) is 43.5 Å². The minimum absolute atomic E-state index is 0.244. The van der Waals surface area contributed by atoms with E-state index in [4.69, 9.17) is 4.74 Å². The van der Waals surface area contributed by atoms with Crippen LogP contribution in [0.4, 0.5) is 11.4 Å². The summed E-state index contributed by atoms with van der Waals surface area (Å²) in [7, 11) is 2.07. The van der Waals surface area contributed by atoms with E-state index in [1.54, 1.807) is 12.1 Å². The minimum atomic E-state index is -0.881. The van der Waals surface area contributed by atoms with Gasteiger partial charge in [-0.3, -0.25) is 0 Å². The Hall–Kier alpha value is -1.75. The molecule has 1 saturated heterocycles. The Bertz CT molecular complexity index is 554. The van der Waals surface area contributed by atoms with Crippen molar-refractivity contribution in [3.05, 3.63) is 23.8 Å². The van der Waals surface area contributed by atoms with Crippen molar-refractivity contribution in [2.75, 3.05) is 30.0 Å². The molecule has 0 saturated carbocycles. The van der Waals surface area contributed by atoms with Crippen LogP contribution in [-0.2, 0) is 4.74 Å². The van der Waals surface area contributed by atoms with Gasteiger partial charge < -0.3 is 19.6 Å². The quantitative estimate of drug-likeness (QED) is 0.923. The van der Waals surface area contributed by atoms with Gasteiger partial charge in [-0.2, -0.15) is 0 Å². The first kappa shape index (κ1) is 14.2. The molecule has 2 aliphatic heterocycles. The molecule has 5 nitrogen and oxygen atoms in total. The zero-order valence-electron chi connectivity index (χ0n) is 12.7. The first-order chi connectivity index (χ1) is 9.99. The van der Waals surface area contributed by atoms with Crippen molar-refractivity contribution in [3.63, 3.8) is 0 Å². The SMILES string of the molecule is CC(C)C1N(C)c2ccc(C(=O)O)cc2N1C[C@@H]1CCO1. The third-order valence-corrected chi connectivity index (χ3v) is 4.42. The highest BCUT2D eigenvalue weighted by Crippen LogP contribution is 2.42. The first-order valence-electron chi connectivity index (χ1n) is 7.47. The fourth-order valence-corrected chi connectivity index (χ4v) is 3.34. The van der Waals surface area contributed by atoms with E-state index in [2.05, 4.69) is 30.7 Å². The Morgan fingerprint density at radius 2 is 2.14 bits per heavy atom. The molecule has 1 unspecified atom stereocenters. The number of ether oxygens (including phenoxy) is 1. The number of carboxylic acid groups (broad SMARTS) is 1. The monoisotopic (exact) mass is 290 g/mol. The molecule has 0 spiro atoms. The van der Waals surface area contributed by atoms with Gasteiger partial charge in [0.1, 0.15) is 6.17 Å². The van der Waals surface area contributed by atoms with Crippen LogP contribution in [0.2, 0.25) is 0 Å². The summed E-state index contributed by atoms with van der Waals surface area (Å²) in [5.74, 6) is -0.441. The smallest absolute Gasteiger partial charge is 0.335 e. The topological polar surface area (TPSA) is 53.0 Å². The van der Waals surface area contributed by atoms with Gasteiger partial charge in [0.25, 0.3) is 0 Å². The standard InChI is InChI=1S/C16H22N2O3/c1-10(2)15-17(3)13-5-4-11(16(19)20)8-14(13)18(15)9-12-6-7-21-12/h4-5,8,10,12,15H,6-7,9H2,1-3H3,(H,19,20)/t12-,15?/m0/s1. The van der Waals surface area contributed by atoms with Crippen LogP contribution in [0.5, 0.6) is 0 Å². The Balaban J connectivity index is 1.98. The average Bonchev–Trinajstić information content (AvgIpc) is 2.66. The van der Waals surface area contributed by atoms with Crippen LogP contribution in [0.1, 0.15) is 30.6 Å². The van der Waals surface area contributed by atoms with E-state index in [9.17, 15) is 9.90 Å². The van der Waals surface area contributed by atoms with E-state index in [0.29, 0.717) is 11.5 Å². The molecule has 0 amide bonds. The lowest BCUT2D eigenvalue weighted by atomic mass is 10.1. The molecule has 1 aromatic rings. The number of hydrogen-bond acceptors (Lipinski definition) is 4. The summed E-state index contributed by atoms with van der Waals surface area (Å²) in [5.41, 5.74) is 2.44. The molecule has 0 radical (unpaired) electrons. The van der Waals surface area contributed by atoms with Gasteiger partial charge in [0.05, 0.1) is 23.0 Å². The highest BCUT2D eigenvalue weighted by molar-refractivity contribution is 5.92. The van der Waals surface area contributed by atoms with E-state index in [0.717, 1.165) is 30.9 Å². The van der Waals surface area contributed by atoms with Crippen molar-refractivity contribution in [3.8, 4) is 0 Å². The molecule has 2 atom stereocenters. The van der Waals surface area contributed by atoms with Gasteiger partial charge in [0.15, 0.2) is 0 Å². The van der Waals surface area contributed by atoms with E-state index in [1.165, 1.54) is 0 Å². The average molecular weight is 290 g/mol. The fourth-order valence-electron chi connectivity index (χ4n) is 3.34. The zero-order chi connectivity index (χ0) is 15.1. The lowest BCUT2D eigenvalue weighted by Gasteiger charge is -2.38. The predicted molar refractivity (Wildman–Crippen MR) is 82.1 cm³/mol. The lowest BCUT2D eigenvalue weighted by molar-refractivity contribution is -0.0454. The number of aromatic carboxylic acids is 1. The third kappa shape index (κ3) is 2.35. The number of fused-ring (bicyclic) bond motifs is 1. The highest BCUT2D eigenvalue weighted by atomic mass is 16.5. The maximum atomic E-state index is 11.2. The number of carbonyl (C=O) groups is 1. The van der Waals surface area contributed by atoms with Crippen LogP contribution >= 0.6 is 0 Å². The molecule has 0 aliphatic carbocycles. The molecular weight excluding hydrogens is 268 g/mol. The van der Waals surface area contributed by atoms with Crippen LogP contribution in [0.25, 0.3) is 0 Å². The molecular formula is C16H22N2O3. The molecule has 1 aromatic carbocycles. The van der Waals surface area contributed by atoms with Gasteiger partial charge >= 0.3 is 5.97 Å². The summed E-state index contributed by atoms with van der Waals surface area (Å²) in [5, 5.41) is 9.23. The summed E-state index contributed by atoms with van der Waals surface area (Å²) in [6.07, 6.45) is 1.59. The summed E-state index contributed by atoms with van der Waals surface area (Å²) >= 11 is 0. The predicted octanol–water partition coefficient (Wildman–Crippen LogP) is 2.41. The van der Waals surface area contributed by atoms with Crippen LogP contribution < -0.4 is 9.80 Å². The normalized spacial score (nSPS) is 24.2. The number of carboxylic acids is 1. The van der Waals surface area contributed by atoms with Gasteiger partial charge in [0.2, 0.25) is 0 Å². The Morgan fingerprint density at radius 3 is 2.67 bits per heavy atom. The van der Waals surface area contributed by atoms with E-state index >= 15 is 0 Å². The Labute approximate surface area is 125 Å². The Morgan fingerprint density at radius 1 is 1.43 bits per heavy atom. The molecule has 3 rings (SSSR count). The van der Waals surface area contributed by atoms with Gasteiger partial charge in [-0.15, -0.1) is 0 Å². The summed E-state index contributed by atoms with van der Waals surface area (Å²) in [6, 6.07) is 5.38. The number of nitrogens with zero attached hydrogens (tertiary/aromatic N) is 2. The number of anilines is 2. The Kier molecular flexibility index (Phi) is 3.53. The molecule has 2 aliphatic rings. The molecule has 2 heterocycles. The second-order valence-corrected chi connectivity index (χ2v) is 6.21. The molecule has 21 heavy (non-hydrogen) atoms. The van der Waals surface area contributed by atoms with Crippen molar-refractivity contribution in [1.82, 2.24) is 0 Å². The first-order valence-corrected chi connectivity index (χ1v) is 7.47. The van der Waals surface area contributed by atoms with Crippen molar-refractivity contribution in [2.24, 2.45) is 5.92 Å².